The van der Waals surface area contributed by atoms with Crippen molar-refractivity contribution in [3.63, 3.8) is 0 Å². The molecule has 0 spiro atoms. The van der Waals surface area contributed by atoms with Crippen molar-refractivity contribution in [3.05, 3.63) is 70.8 Å². The summed E-state index contributed by atoms with van der Waals surface area (Å²) in [6.45, 7) is 1.86. The highest BCUT2D eigenvalue weighted by Gasteiger charge is 2.46. The molecule has 5 atom stereocenters. The van der Waals surface area contributed by atoms with Crippen LogP contribution in [0.3, 0.4) is 0 Å². The molecule has 0 unspecified atom stereocenters. The van der Waals surface area contributed by atoms with Crippen molar-refractivity contribution in [1.29, 1.82) is 0 Å². The third-order valence-electron chi connectivity index (χ3n) is 5.55. The van der Waals surface area contributed by atoms with Gasteiger partial charge in [0, 0.05) is 21.3 Å². The minimum absolute atomic E-state index is 0.280. The second kappa shape index (κ2) is 11.6. The van der Waals surface area contributed by atoms with Gasteiger partial charge < -0.3 is 23.8 Å². The fourth-order valence-electron chi connectivity index (χ4n) is 3.72. The molecule has 0 amide bonds. The van der Waals surface area contributed by atoms with E-state index in [9.17, 15) is 13.2 Å². The van der Waals surface area contributed by atoms with Gasteiger partial charge in [-0.25, -0.2) is 0 Å². The maximum Gasteiger partial charge on any atom is 0.416 e. The topological polar surface area (TPSA) is 58.5 Å². The standard InChI is InChI=1S/C25H28F3NO5/c1-16-21(30-2)22(31-3)23(32-4)24(33-16)34-29-15-19-9-7-17(8-10-19)5-6-18-11-13-20(14-12-18)25(26,27)28/h5-16,21-24H,1-4H3/b6-5+,29-15?/t16-,21-,22+,23+,24-/m0/s1. The van der Waals surface area contributed by atoms with Gasteiger partial charge in [-0.2, -0.15) is 13.2 Å². The van der Waals surface area contributed by atoms with Gasteiger partial charge in [-0.1, -0.05) is 53.7 Å². The summed E-state index contributed by atoms with van der Waals surface area (Å²) in [7, 11) is 4.71. The first kappa shape index (κ1) is 25.9. The van der Waals surface area contributed by atoms with Crippen LogP contribution in [0.2, 0.25) is 0 Å². The summed E-state index contributed by atoms with van der Waals surface area (Å²) in [5.41, 5.74) is 1.68. The Morgan fingerprint density at radius 2 is 1.26 bits per heavy atom. The maximum absolute atomic E-state index is 12.7. The molecule has 184 valence electrons. The number of rotatable bonds is 8. The van der Waals surface area contributed by atoms with Crippen LogP contribution < -0.4 is 0 Å². The molecular weight excluding hydrogens is 451 g/mol. The largest absolute Gasteiger partial charge is 0.416 e. The van der Waals surface area contributed by atoms with Gasteiger partial charge in [0.05, 0.1) is 17.9 Å². The molecule has 1 aliphatic rings. The van der Waals surface area contributed by atoms with E-state index in [4.69, 9.17) is 23.8 Å². The number of methoxy groups -OCH3 is 3. The summed E-state index contributed by atoms with van der Waals surface area (Å²) in [6, 6.07) is 12.4. The van der Waals surface area contributed by atoms with Gasteiger partial charge in [0.25, 0.3) is 6.29 Å². The molecule has 1 fully saturated rings. The Bertz CT molecular complexity index is 960. The summed E-state index contributed by atoms with van der Waals surface area (Å²) >= 11 is 0. The first-order valence-electron chi connectivity index (χ1n) is 10.6. The van der Waals surface area contributed by atoms with Crippen LogP contribution in [0.5, 0.6) is 0 Å². The highest BCUT2D eigenvalue weighted by molar-refractivity contribution is 5.80. The zero-order valence-electron chi connectivity index (χ0n) is 19.4. The number of oxime groups is 1. The molecule has 1 heterocycles. The van der Waals surface area contributed by atoms with Crippen LogP contribution in [0.1, 0.15) is 29.2 Å². The van der Waals surface area contributed by atoms with Crippen molar-refractivity contribution in [2.45, 2.75) is 43.8 Å². The number of halogens is 3. The van der Waals surface area contributed by atoms with Crippen molar-refractivity contribution in [1.82, 2.24) is 0 Å². The van der Waals surface area contributed by atoms with E-state index in [1.165, 1.54) is 12.1 Å². The molecule has 0 bridgehead atoms. The van der Waals surface area contributed by atoms with Crippen LogP contribution in [0.15, 0.2) is 53.7 Å². The fraction of sp³-hybridized carbons (Fsp3) is 0.400. The van der Waals surface area contributed by atoms with Crippen molar-refractivity contribution >= 4 is 18.4 Å². The molecular formula is C25H28F3NO5. The van der Waals surface area contributed by atoms with E-state index in [0.29, 0.717) is 5.56 Å². The van der Waals surface area contributed by atoms with E-state index in [0.717, 1.165) is 23.3 Å². The number of alkyl halides is 3. The van der Waals surface area contributed by atoms with Crippen LogP contribution >= 0.6 is 0 Å². The second-order valence-electron chi connectivity index (χ2n) is 7.77. The molecule has 0 aromatic heterocycles. The van der Waals surface area contributed by atoms with E-state index in [-0.39, 0.29) is 18.3 Å². The van der Waals surface area contributed by atoms with Crippen LogP contribution in [0.4, 0.5) is 13.2 Å². The second-order valence-corrected chi connectivity index (χ2v) is 7.77. The normalized spacial score (nSPS) is 25.8. The average Bonchev–Trinajstić information content (AvgIpc) is 2.82. The molecule has 0 saturated carbocycles. The first-order valence-corrected chi connectivity index (χ1v) is 10.6. The van der Waals surface area contributed by atoms with Crippen molar-refractivity contribution in [2.75, 3.05) is 21.3 Å². The van der Waals surface area contributed by atoms with Crippen LogP contribution in [0.25, 0.3) is 12.2 Å². The Morgan fingerprint density at radius 3 is 1.76 bits per heavy atom. The Kier molecular flexibility index (Phi) is 8.84. The minimum Gasteiger partial charge on any atom is -0.376 e. The van der Waals surface area contributed by atoms with Gasteiger partial charge in [0.2, 0.25) is 0 Å². The lowest BCUT2D eigenvalue weighted by Gasteiger charge is -2.42. The third-order valence-corrected chi connectivity index (χ3v) is 5.55. The SMILES string of the molecule is CO[C@@H]1[C@@H](OC)[C@H](C)O[C@@H](ON=Cc2ccc(/C=C/c3ccc(C(F)(F)F)cc3)cc2)[C@@H]1OC. The van der Waals surface area contributed by atoms with Crippen LogP contribution in [-0.4, -0.2) is 58.2 Å². The van der Waals surface area contributed by atoms with Crippen LogP contribution in [0, 0.1) is 0 Å². The minimum atomic E-state index is -4.34. The summed E-state index contributed by atoms with van der Waals surface area (Å²) in [6.07, 6.45) is -1.48. The molecule has 0 radical (unpaired) electrons. The highest BCUT2D eigenvalue weighted by atomic mass is 19.4. The smallest absolute Gasteiger partial charge is 0.376 e. The zero-order valence-corrected chi connectivity index (χ0v) is 19.4. The summed E-state index contributed by atoms with van der Waals surface area (Å²) in [5, 5.41) is 4.03. The Balaban J connectivity index is 1.59. The molecule has 1 aliphatic heterocycles. The molecule has 3 rings (SSSR count). The van der Waals surface area contributed by atoms with E-state index in [2.05, 4.69) is 5.16 Å². The van der Waals surface area contributed by atoms with E-state index in [1.807, 2.05) is 37.3 Å². The quantitative estimate of drug-likeness (QED) is 0.303. The predicted octanol–water partition coefficient (Wildman–Crippen LogP) is 5.02. The zero-order chi connectivity index (χ0) is 24.7. The first-order chi connectivity index (χ1) is 16.3. The Morgan fingerprint density at radius 1 is 0.765 bits per heavy atom. The third kappa shape index (κ3) is 6.44. The summed E-state index contributed by atoms with van der Waals surface area (Å²) in [5.74, 6) is 0. The lowest BCUT2D eigenvalue weighted by molar-refractivity contribution is -0.305. The molecule has 6 nitrogen and oxygen atoms in total. The Hall–Kier alpha value is -2.72. The molecule has 0 aliphatic carbocycles. The summed E-state index contributed by atoms with van der Waals surface area (Å²) in [4.78, 5) is 5.55. The van der Waals surface area contributed by atoms with Gasteiger partial charge >= 0.3 is 6.18 Å². The fourth-order valence-corrected chi connectivity index (χ4v) is 3.72. The molecule has 9 heteroatoms. The summed E-state index contributed by atoms with van der Waals surface area (Å²) < 4.78 is 60.3. The maximum atomic E-state index is 12.7. The van der Waals surface area contributed by atoms with E-state index in [1.54, 1.807) is 33.6 Å². The average molecular weight is 479 g/mol. The van der Waals surface area contributed by atoms with Gasteiger partial charge in [-0.3, -0.25) is 0 Å². The predicted molar refractivity (Wildman–Crippen MR) is 122 cm³/mol. The van der Waals surface area contributed by atoms with Gasteiger partial charge in [-0.15, -0.1) is 0 Å². The number of nitrogens with zero attached hydrogens (tertiary/aromatic N) is 1. The van der Waals surface area contributed by atoms with Crippen molar-refractivity contribution < 1.29 is 37.0 Å². The number of hydrogen-bond acceptors (Lipinski definition) is 6. The monoisotopic (exact) mass is 479 g/mol. The van der Waals surface area contributed by atoms with E-state index < -0.39 is 24.1 Å². The Labute approximate surface area is 196 Å². The molecule has 2 aromatic rings. The number of ether oxygens (including phenoxy) is 4. The van der Waals surface area contributed by atoms with Gasteiger partial charge in [-0.05, 0) is 35.7 Å². The van der Waals surface area contributed by atoms with Crippen molar-refractivity contribution in [2.24, 2.45) is 5.16 Å². The molecule has 34 heavy (non-hydrogen) atoms. The van der Waals surface area contributed by atoms with Crippen LogP contribution in [-0.2, 0) is 30.0 Å². The van der Waals surface area contributed by atoms with E-state index >= 15 is 0 Å². The molecule has 2 aromatic carbocycles. The van der Waals surface area contributed by atoms with Gasteiger partial charge in [0.15, 0.2) is 6.10 Å². The number of hydrogen-bond donors (Lipinski definition) is 0. The lowest BCUT2D eigenvalue weighted by atomic mass is 9.99. The number of benzene rings is 2. The molecule has 0 N–H and O–H groups in total. The highest BCUT2D eigenvalue weighted by Crippen LogP contribution is 2.29. The van der Waals surface area contributed by atoms with Crippen molar-refractivity contribution in [3.8, 4) is 0 Å². The van der Waals surface area contributed by atoms with Gasteiger partial charge in [0.1, 0.15) is 12.2 Å². The lowest BCUT2D eigenvalue weighted by Crippen LogP contribution is -2.59. The molecule has 1 saturated heterocycles.